The van der Waals surface area contributed by atoms with Gasteiger partial charge in [0.25, 0.3) is 0 Å². The predicted molar refractivity (Wildman–Crippen MR) is 224 cm³/mol. The van der Waals surface area contributed by atoms with Crippen LogP contribution in [0.4, 0.5) is 0 Å². The van der Waals surface area contributed by atoms with Gasteiger partial charge >= 0.3 is 0 Å². The number of amides is 5. The Morgan fingerprint density at radius 1 is 0.509 bits per heavy atom. The first kappa shape index (κ1) is 56.3. The summed E-state index contributed by atoms with van der Waals surface area (Å²) in [6.07, 6.45) is 3.68. The second-order valence-electron chi connectivity index (χ2n) is 16.3. The van der Waals surface area contributed by atoms with E-state index in [1.165, 1.54) is 19.3 Å². The number of carbonyl (C=O) groups is 6. The van der Waals surface area contributed by atoms with Crippen LogP contribution in [0.3, 0.4) is 0 Å². The highest BCUT2D eigenvalue weighted by Crippen LogP contribution is 2.11. The summed E-state index contributed by atoms with van der Waals surface area (Å²) in [6, 6.07) is 0. The number of nitrogens with zero attached hydrogens (tertiary/aromatic N) is 5. The zero-order valence-corrected chi connectivity index (χ0v) is 38.3. The molecular formula is C42H84N6O7. The molecule has 0 aromatic rings. The van der Waals surface area contributed by atoms with Crippen LogP contribution in [0.15, 0.2) is 0 Å². The van der Waals surface area contributed by atoms with E-state index in [4.69, 9.17) is 4.74 Å². The van der Waals surface area contributed by atoms with E-state index in [1.807, 2.05) is 97.8 Å². The van der Waals surface area contributed by atoms with Gasteiger partial charge in [0, 0.05) is 109 Å². The molecule has 55 heavy (non-hydrogen) atoms. The van der Waals surface area contributed by atoms with E-state index < -0.39 is 0 Å². The fourth-order valence-corrected chi connectivity index (χ4v) is 4.83. The molecular weight excluding hydrogens is 700 g/mol. The summed E-state index contributed by atoms with van der Waals surface area (Å²) in [5, 5.41) is 2.53. The first-order valence-corrected chi connectivity index (χ1v) is 20.5. The minimum atomic E-state index is 0.0972. The molecule has 0 radical (unpaired) electrons. The summed E-state index contributed by atoms with van der Waals surface area (Å²) in [6.45, 7) is 33.3. The van der Waals surface area contributed by atoms with Gasteiger partial charge in [-0.3, -0.25) is 28.8 Å². The molecule has 3 saturated heterocycles. The topological polar surface area (TPSA) is 140 Å². The van der Waals surface area contributed by atoms with Crippen LogP contribution in [0.5, 0.6) is 0 Å². The Bertz CT molecular complexity index is 1030. The Balaban J connectivity index is -0.000000601. The van der Waals surface area contributed by atoms with Crippen molar-refractivity contribution in [1.29, 1.82) is 0 Å². The van der Waals surface area contributed by atoms with Crippen molar-refractivity contribution < 1.29 is 33.5 Å². The predicted octanol–water partition coefficient (Wildman–Crippen LogP) is 4.92. The summed E-state index contributed by atoms with van der Waals surface area (Å²) < 4.78 is 5.14. The van der Waals surface area contributed by atoms with Crippen molar-refractivity contribution in [3.8, 4) is 0 Å². The molecule has 3 fully saturated rings. The third-order valence-corrected chi connectivity index (χ3v) is 8.81. The monoisotopic (exact) mass is 785 g/mol. The molecule has 3 aliphatic rings. The largest absolute Gasteiger partial charge is 0.378 e. The molecule has 1 N–H and O–H groups in total. The summed E-state index contributed by atoms with van der Waals surface area (Å²) in [7, 11) is 7.27. The smallest absolute Gasteiger partial charge is 0.225 e. The number of ether oxygens (including phenoxy) is 1. The third-order valence-electron chi connectivity index (χ3n) is 8.81. The number of carbonyl (C=O) groups excluding carboxylic acids is 6. The fourth-order valence-electron chi connectivity index (χ4n) is 4.83. The number of hydrogen-bond acceptors (Lipinski definition) is 8. The van der Waals surface area contributed by atoms with Gasteiger partial charge in [-0.2, -0.15) is 0 Å². The number of piperazine rings is 1. The molecule has 0 unspecified atom stereocenters. The van der Waals surface area contributed by atoms with Crippen LogP contribution in [-0.2, 0) is 33.5 Å². The minimum Gasteiger partial charge on any atom is -0.378 e. The quantitative estimate of drug-likeness (QED) is 0.401. The minimum absolute atomic E-state index is 0.0972. The molecule has 0 aromatic carbocycles. The molecule has 13 heteroatoms. The van der Waals surface area contributed by atoms with Gasteiger partial charge in [-0.15, -0.1) is 0 Å². The van der Waals surface area contributed by atoms with Crippen molar-refractivity contribution in [2.45, 2.75) is 109 Å². The molecule has 0 spiro atoms. The highest BCUT2D eigenvalue weighted by Gasteiger charge is 2.21. The van der Waals surface area contributed by atoms with E-state index in [9.17, 15) is 28.8 Å². The standard InChI is InChI=1S/C9H18N2O.C9H17NO.C8H15NO2.C6H13NO.C5H11NO.C5H10O/c1-8(2)9(12)11-6-4-10(3)5-7-11;1-8(2)9(11)10-6-4-3-5-7-10;1-7(2)8(10)9-3-5-11-6-4-9;1-5(2)6(8)7(3)4;1-4(2)5(7)6-3;1-4(2)5(3)6/h8H,4-7H2,1-3H3;8H,3-7H2,1-2H3;7H,3-6H2,1-2H3;5H,1-4H3;4H,1-3H3,(H,6,7);4H,1-3H3. The van der Waals surface area contributed by atoms with Crippen molar-refractivity contribution in [1.82, 2.24) is 29.8 Å². The van der Waals surface area contributed by atoms with Gasteiger partial charge in [0.2, 0.25) is 29.5 Å². The van der Waals surface area contributed by atoms with Crippen molar-refractivity contribution in [3.63, 3.8) is 0 Å². The van der Waals surface area contributed by atoms with E-state index in [0.29, 0.717) is 25.0 Å². The zero-order valence-electron chi connectivity index (χ0n) is 38.3. The number of Topliss-reactive ketones (excluding diaryl/α,β-unsaturated/α-hetero) is 1. The number of likely N-dealkylation sites (N-methyl/N-ethyl adjacent to an activating group) is 1. The van der Waals surface area contributed by atoms with Crippen LogP contribution >= 0.6 is 0 Å². The second kappa shape index (κ2) is 32.1. The molecule has 3 heterocycles. The Labute approximate surface area is 336 Å². The molecule has 13 nitrogen and oxygen atoms in total. The lowest BCUT2D eigenvalue weighted by molar-refractivity contribution is -0.138. The van der Waals surface area contributed by atoms with Gasteiger partial charge in [0.15, 0.2) is 0 Å². The van der Waals surface area contributed by atoms with E-state index >= 15 is 0 Å². The van der Waals surface area contributed by atoms with Crippen molar-refractivity contribution >= 4 is 35.3 Å². The molecule has 0 bridgehead atoms. The summed E-state index contributed by atoms with van der Waals surface area (Å²) >= 11 is 0. The van der Waals surface area contributed by atoms with E-state index in [2.05, 4.69) is 17.3 Å². The van der Waals surface area contributed by atoms with E-state index in [-0.39, 0.29) is 59.0 Å². The van der Waals surface area contributed by atoms with Gasteiger partial charge in [-0.25, -0.2) is 0 Å². The maximum absolute atomic E-state index is 11.5. The molecule has 3 aliphatic heterocycles. The first-order valence-electron chi connectivity index (χ1n) is 20.5. The average molecular weight is 785 g/mol. The maximum Gasteiger partial charge on any atom is 0.225 e. The molecule has 0 saturated carbocycles. The Morgan fingerprint density at radius 2 is 0.855 bits per heavy atom. The highest BCUT2D eigenvalue weighted by molar-refractivity contribution is 5.79. The lowest BCUT2D eigenvalue weighted by Gasteiger charge is -2.33. The lowest BCUT2D eigenvalue weighted by atomic mass is 10.1. The fraction of sp³-hybridized carbons (Fsp3) is 0.857. The normalized spacial score (nSPS) is 15.6. The molecule has 0 atom stereocenters. The van der Waals surface area contributed by atoms with Crippen LogP contribution in [0, 0.1) is 35.5 Å². The third kappa shape index (κ3) is 28.9. The number of likely N-dealkylation sites (tertiary alicyclic amines) is 1. The molecule has 324 valence electrons. The SMILES string of the molecule is CC(=O)C(C)C.CC(C)C(=O)N(C)C.CC(C)C(=O)N1CCCCC1.CC(C)C(=O)N1CCN(C)CC1.CC(C)C(=O)N1CCOCC1.CNC(=O)C(C)C. The summed E-state index contributed by atoms with van der Waals surface area (Å²) in [4.78, 5) is 75.3. The Kier molecular flexibility index (Phi) is 32.8. The number of hydrogen-bond donors (Lipinski definition) is 1. The van der Waals surface area contributed by atoms with Crippen LogP contribution < -0.4 is 5.32 Å². The molecule has 0 aliphatic carbocycles. The van der Waals surface area contributed by atoms with Crippen LogP contribution in [0.1, 0.15) is 109 Å². The average Bonchev–Trinajstić information content (AvgIpc) is 3.15. The van der Waals surface area contributed by atoms with Crippen LogP contribution in [-0.4, -0.2) is 154 Å². The summed E-state index contributed by atoms with van der Waals surface area (Å²) in [5.74, 6) is 2.30. The number of morpholine rings is 1. The van der Waals surface area contributed by atoms with Gasteiger partial charge in [-0.1, -0.05) is 83.1 Å². The van der Waals surface area contributed by atoms with Crippen LogP contribution in [0.2, 0.25) is 0 Å². The van der Waals surface area contributed by atoms with Crippen molar-refractivity contribution in [2.24, 2.45) is 35.5 Å². The number of ketones is 1. The van der Waals surface area contributed by atoms with Crippen molar-refractivity contribution in [3.05, 3.63) is 0 Å². The lowest BCUT2D eigenvalue weighted by Crippen LogP contribution is -2.48. The second-order valence-corrected chi connectivity index (χ2v) is 16.3. The Morgan fingerprint density at radius 3 is 1.09 bits per heavy atom. The van der Waals surface area contributed by atoms with Gasteiger partial charge in [0.1, 0.15) is 5.78 Å². The maximum atomic E-state index is 11.5. The molecule has 0 aromatic heterocycles. The summed E-state index contributed by atoms with van der Waals surface area (Å²) in [5.41, 5.74) is 0. The number of piperidine rings is 1. The Hall–Kier alpha value is -3.06. The van der Waals surface area contributed by atoms with Gasteiger partial charge in [0.05, 0.1) is 13.2 Å². The van der Waals surface area contributed by atoms with Gasteiger partial charge < -0.3 is 34.6 Å². The van der Waals surface area contributed by atoms with Crippen molar-refractivity contribution in [2.75, 3.05) is 93.8 Å². The highest BCUT2D eigenvalue weighted by atomic mass is 16.5. The first-order chi connectivity index (χ1) is 25.4. The van der Waals surface area contributed by atoms with Gasteiger partial charge in [-0.05, 0) is 33.2 Å². The zero-order chi connectivity index (χ0) is 43.4. The van der Waals surface area contributed by atoms with E-state index in [0.717, 1.165) is 52.4 Å². The molecule has 5 amide bonds. The number of nitrogens with one attached hydrogen (secondary N) is 1. The van der Waals surface area contributed by atoms with E-state index in [1.54, 1.807) is 33.0 Å². The molecule has 3 rings (SSSR count). The van der Waals surface area contributed by atoms with Crippen LogP contribution in [0.25, 0.3) is 0 Å². The number of rotatable bonds is 6.